The van der Waals surface area contributed by atoms with Crippen molar-refractivity contribution in [2.24, 2.45) is 0 Å². The average Bonchev–Trinajstić information content (AvgIpc) is 3.35. The summed E-state index contributed by atoms with van der Waals surface area (Å²) in [5.74, 6) is -0.461. The molecule has 1 saturated heterocycles. The van der Waals surface area contributed by atoms with Gasteiger partial charge in [0.05, 0.1) is 31.6 Å². The van der Waals surface area contributed by atoms with Crippen molar-refractivity contribution in [1.82, 2.24) is 9.80 Å². The molecule has 8 nitrogen and oxygen atoms in total. The van der Waals surface area contributed by atoms with Gasteiger partial charge < -0.3 is 28.8 Å². The van der Waals surface area contributed by atoms with Gasteiger partial charge in [-0.3, -0.25) is 9.59 Å². The number of carbonyl (C=O) groups excluding carboxylic acids is 2. The molecule has 1 aromatic carbocycles. The van der Waals surface area contributed by atoms with Gasteiger partial charge in [-0.15, -0.1) is 0 Å². The zero-order valence-corrected chi connectivity index (χ0v) is 17.5. The molecule has 1 aromatic heterocycles. The molecule has 1 aliphatic heterocycles. The van der Waals surface area contributed by atoms with E-state index in [0.29, 0.717) is 35.8 Å². The number of Topliss-reactive ketones (excluding diaryl/α,β-unsaturated/α-hetero) is 1. The molecule has 0 saturated carbocycles. The average molecular weight is 414 g/mol. The van der Waals surface area contributed by atoms with Gasteiger partial charge in [-0.25, -0.2) is 0 Å². The van der Waals surface area contributed by atoms with E-state index >= 15 is 0 Å². The van der Waals surface area contributed by atoms with Gasteiger partial charge in [-0.1, -0.05) is 0 Å². The summed E-state index contributed by atoms with van der Waals surface area (Å²) in [5, 5.41) is 11.1. The third-order valence-electron chi connectivity index (χ3n) is 5.02. The molecule has 3 rings (SSSR count). The van der Waals surface area contributed by atoms with Crippen LogP contribution >= 0.6 is 0 Å². The van der Waals surface area contributed by atoms with Crippen molar-refractivity contribution in [3.05, 3.63) is 53.5 Å². The minimum absolute atomic E-state index is 0.0248. The molecule has 2 heterocycles. The van der Waals surface area contributed by atoms with E-state index in [1.54, 1.807) is 30.3 Å². The molecule has 2 aromatic rings. The van der Waals surface area contributed by atoms with E-state index in [9.17, 15) is 14.7 Å². The van der Waals surface area contributed by atoms with Gasteiger partial charge in [0, 0.05) is 12.6 Å². The lowest BCUT2D eigenvalue weighted by Crippen LogP contribution is -2.32. The third kappa shape index (κ3) is 4.04. The maximum atomic E-state index is 12.9. The Balaban J connectivity index is 2.09. The number of nitrogens with zero attached hydrogens (tertiary/aromatic N) is 2. The number of likely N-dealkylation sites (tertiary alicyclic amines) is 1. The van der Waals surface area contributed by atoms with Crippen LogP contribution in [-0.2, 0) is 9.59 Å². The monoisotopic (exact) mass is 414 g/mol. The first-order valence-electron chi connectivity index (χ1n) is 9.58. The molecule has 1 fully saturated rings. The summed E-state index contributed by atoms with van der Waals surface area (Å²) in [6.45, 7) is 1.10. The minimum Gasteiger partial charge on any atom is -0.507 e. The van der Waals surface area contributed by atoms with E-state index < -0.39 is 17.7 Å². The highest BCUT2D eigenvalue weighted by Crippen LogP contribution is 2.41. The van der Waals surface area contributed by atoms with Crippen LogP contribution in [0.3, 0.4) is 0 Å². The maximum absolute atomic E-state index is 12.9. The molecule has 0 bridgehead atoms. The smallest absolute Gasteiger partial charge is 0.295 e. The molecule has 1 aliphatic rings. The number of furan rings is 1. The number of aliphatic hydroxyl groups excluding tert-OH is 1. The quantitative estimate of drug-likeness (QED) is 0.403. The van der Waals surface area contributed by atoms with E-state index in [2.05, 4.69) is 0 Å². The van der Waals surface area contributed by atoms with Gasteiger partial charge in [0.15, 0.2) is 0 Å². The number of hydrogen-bond acceptors (Lipinski definition) is 7. The van der Waals surface area contributed by atoms with Gasteiger partial charge in [-0.2, -0.15) is 0 Å². The second kappa shape index (κ2) is 9.04. The van der Waals surface area contributed by atoms with Gasteiger partial charge in [0.1, 0.15) is 29.1 Å². The summed E-state index contributed by atoms with van der Waals surface area (Å²) < 4.78 is 16.1. The van der Waals surface area contributed by atoms with Crippen molar-refractivity contribution in [3.63, 3.8) is 0 Å². The van der Waals surface area contributed by atoms with Crippen LogP contribution in [0.1, 0.15) is 23.8 Å². The highest BCUT2D eigenvalue weighted by atomic mass is 16.5. The SMILES string of the molecule is COc1ccc(/C(O)=C2\C(=O)C(=O)N(CCCN(C)C)[C@@H]2c2ccco2)c(OC)c1. The predicted octanol–water partition coefficient (Wildman–Crippen LogP) is 2.67. The fourth-order valence-corrected chi connectivity index (χ4v) is 3.55. The first kappa shape index (κ1) is 21.4. The lowest BCUT2D eigenvalue weighted by atomic mass is 9.98. The van der Waals surface area contributed by atoms with Crippen LogP contribution in [0.4, 0.5) is 0 Å². The Kier molecular flexibility index (Phi) is 6.47. The Hall–Kier alpha value is -3.26. The highest BCUT2D eigenvalue weighted by Gasteiger charge is 2.47. The fourth-order valence-electron chi connectivity index (χ4n) is 3.55. The Bertz CT molecular complexity index is 949. The van der Waals surface area contributed by atoms with Crippen LogP contribution in [0, 0.1) is 0 Å². The number of aliphatic hydroxyl groups is 1. The Morgan fingerprint density at radius 1 is 1.20 bits per heavy atom. The standard InChI is InChI=1S/C22H26N2O6/c1-23(2)10-6-11-24-19(16-7-5-12-30-16)18(21(26)22(24)27)20(25)15-9-8-14(28-3)13-17(15)29-4/h5,7-9,12-13,19,25H,6,10-11H2,1-4H3/b20-18+/t19-/m1/s1. The molecular formula is C22H26N2O6. The lowest BCUT2D eigenvalue weighted by Gasteiger charge is -2.24. The molecule has 160 valence electrons. The van der Waals surface area contributed by atoms with E-state index in [0.717, 1.165) is 6.54 Å². The van der Waals surface area contributed by atoms with Crippen LogP contribution in [0.25, 0.3) is 5.76 Å². The first-order chi connectivity index (χ1) is 14.4. The van der Waals surface area contributed by atoms with Crippen molar-refractivity contribution >= 4 is 17.4 Å². The van der Waals surface area contributed by atoms with Crippen molar-refractivity contribution in [2.75, 3.05) is 41.4 Å². The van der Waals surface area contributed by atoms with Crippen molar-refractivity contribution < 1.29 is 28.6 Å². The summed E-state index contributed by atoms with van der Waals surface area (Å²) >= 11 is 0. The molecule has 1 N–H and O–H groups in total. The topological polar surface area (TPSA) is 92.5 Å². The highest BCUT2D eigenvalue weighted by molar-refractivity contribution is 6.46. The number of ketones is 1. The van der Waals surface area contributed by atoms with Crippen LogP contribution < -0.4 is 9.47 Å². The molecular weight excluding hydrogens is 388 g/mol. The molecule has 1 atom stereocenters. The lowest BCUT2D eigenvalue weighted by molar-refractivity contribution is -0.140. The molecule has 1 amide bonds. The minimum atomic E-state index is -0.811. The van der Waals surface area contributed by atoms with Crippen molar-refractivity contribution in [3.8, 4) is 11.5 Å². The summed E-state index contributed by atoms with van der Waals surface area (Å²) in [6, 6.07) is 7.40. The summed E-state index contributed by atoms with van der Waals surface area (Å²) in [6.07, 6.45) is 2.15. The number of rotatable bonds is 8. The van der Waals surface area contributed by atoms with E-state index in [1.807, 2.05) is 19.0 Å². The molecule has 30 heavy (non-hydrogen) atoms. The Morgan fingerprint density at radius 2 is 1.97 bits per heavy atom. The number of methoxy groups -OCH3 is 2. The number of carbonyl (C=O) groups is 2. The van der Waals surface area contributed by atoms with E-state index in [4.69, 9.17) is 13.9 Å². The van der Waals surface area contributed by atoms with Gasteiger partial charge in [-0.05, 0) is 51.3 Å². The number of benzene rings is 1. The molecule has 8 heteroatoms. The summed E-state index contributed by atoms with van der Waals surface area (Å²) in [7, 11) is 6.85. The zero-order chi connectivity index (χ0) is 21.8. The Labute approximate surface area is 175 Å². The Morgan fingerprint density at radius 3 is 2.57 bits per heavy atom. The second-order valence-corrected chi connectivity index (χ2v) is 7.23. The fraction of sp³-hybridized carbons (Fsp3) is 0.364. The molecule has 0 radical (unpaired) electrons. The molecule has 0 spiro atoms. The maximum Gasteiger partial charge on any atom is 0.295 e. The second-order valence-electron chi connectivity index (χ2n) is 7.23. The molecule has 0 aliphatic carbocycles. The normalized spacial score (nSPS) is 18.3. The van der Waals surface area contributed by atoms with E-state index in [1.165, 1.54) is 25.4 Å². The third-order valence-corrected chi connectivity index (χ3v) is 5.02. The number of amides is 1. The van der Waals surface area contributed by atoms with Crippen LogP contribution in [-0.4, -0.2) is 68.0 Å². The van der Waals surface area contributed by atoms with Crippen molar-refractivity contribution in [2.45, 2.75) is 12.5 Å². The molecule has 0 unspecified atom stereocenters. The van der Waals surface area contributed by atoms with Crippen LogP contribution in [0.15, 0.2) is 46.6 Å². The largest absolute Gasteiger partial charge is 0.507 e. The van der Waals surface area contributed by atoms with Crippen molar-refractivity contribution in [1.29, 1.82) is 0 Å². The number of ether oxygens (including phenoxy) is 2. The first-order valence-corrected chi connectivity index (χ1v) is 9.58. The van der Waals surface area contributed by atoms with Gasteiger partial charge in [0.25, 0.3) is 11.7 Å². The van der Waals surface area contributed by atoms with Gasteiger partial charge in [0.2, 0.25) is 0 Å². The number of hydrogen-bond donors (Lipinski definition) is 1. The summed E-state index contributed by atoms with van der Waals surface area (Å²) in [5.41, 5.74) is 0.268. The predicted molar refractivity (Wildman–Crippen MR) is 110 cm³/mol. The van der Waals surface area contributed by atoms with Crippen LogP contribution in [0.2, 0.25) is 0 Å². The van der Waals surface area contributed by atoms with Gasteiger partial charge >= 0.3 is 0 Å². The zero-order valence-electron chi connectivity index (χ0n) is 17.5. The van der Waals surface area contributed by atoms with E-state index in [-0.39, 0.29) is 11.3 Å². The van der Waals surface area contributed by atoms with Crippen LogP contribution in [0.5, 0.6) is 11.5 Å². The summed E-state index contributed by atoms with van der Waals surface area (Å²) in [4.78, 5) is 29.2.